The highest BCUT2D eigenvalue weighted by molar-refractivity contribution is 7.73. The Labute approximate surface area is 92.3 Å². The van der Waals surface area contributed by atoms with E-state index in [1.54, 1.807) is 0 Å². The smallest absolute Gasteiger partial charge is 0.356 e. The Morgan fingerprint density at radius 2 is 1.93 bits per heavy atom. The van der Waals surface area contributed by atoms with Crippen molar-refractivity contribution in [1.82, 2.24) is 9.97 Å². The summed E-state index contributed by atoms with van der Waals surface area (Å²) in [5.41, 5.74) is 0.260. The van der Waals surface area contributed by atoms with Gasteiger partial charge in [-0.3, -0.25) is 0 Å². The molecular weight excluding hydrogens is 220 g/mol. The van der Waals surface area contributed by atoms with Crippen molar-refractivity contribution in [2.45, 2.75) is 13.8 Å². The van der Waals surface area contributed by atoms with E-state index in [4.69, 9.17) is 24.4 Å². The van der Waals surface area contributed by atoms with Gasteiger partial charge in [-0.05, 0) is 0 Å². The van der Waals surface area contributed by atoms with E-state index in [-0.39, 0.29) is 5.69 Å². The molecule has 1 aromatic rings. The molecule has 0 aliphatic heterocycles. The van der Waals surface area contributed by atoms with Gasteiger partial charge in [-0.25, -0.2) is 4.79 Å². The van der Waals surface area contributed by atoms with Crippen molar-refractivity contribution in [2.24, 2.45) is 0 Å². The monoisotopic (exact) mass is 232 g/mol. The predicted octanol–water partition coefficient (Wildman–Crippen LogP) is 2.61. The summed E-state index contributed by atoms with van der Waals surface area (Å²) in [6.45, 7) is 4.00. The van der Waals surface area contributed by atoms with Crippen LogP contribution < -0.4 is 0 Å². The highest BCUT2D eigenvalue weighted by Gasteiger charge is 2.04. The number of H-pyrrole nitrogens is 2. The largest absolute Gasteiger partial charge is 0.464 e. The highest BCUT2D eigenvalue weighted by atomic mass is 32.1. The lowest BCUT2D eigenvalue weighted by molar-refractivity contribution is 0.0593. The molecule has 0 atom stereocenters. The van der Waals surface area contributed by atoms with Gasteiger partial charge < -0.3 is 14.7 Å². The molecule has 0 aliphatic carbocycles. The average molecular weight is 232 g/mol. The Hall–Kier alpha value is -1.01. The van der Waals surface area contributed by atoms with E-state index in [0.29, 0.717) is 9.28 Å². The Morgan fingerprint density at radius 1 is 1.36 bits per heavy atom. The molecule has 0 radical (unpaired) electrons. The van der Waals surface area contributed by atoms with Gasteiger partial charge in [-0.15, -0.1) is 0 Å². The number of carbonyl (C=O) groups excluding carboxylic acids is 1. The van der Waals surface area contributed by atoms with Crippen LogP contribution in [0.25, 0.3) is 0 Å². The van der Waals surface area contributed by atoms with Crippen molar-refractivity contribution >= 4 is 30.4 Å². The lowest BCUT2D eigenvalue weighted by atomic mass is 10.5. The summed E-state index contributed by atoms with van der Waals surface area (Å²) >= 11 is 9.60. The Balaban J connectivity index is 0.000000791. The van der Waals surface area contributed by atoms with Crippen LogP contribution in [-0.4, -0.2) is 23.0 Å². The third-order valence-electron chi connectivity index (χ3n) is 1.21. The Morgan fingerprint density at radius 3 is 2.36 bits per heavy atom. The molecule has 0 fully saturated rings. The topological polar surface area (TPSA) is 57.9 Å². The van der Waals surface area contributed by atoms with Crippen LogP contribution in [0, 0.1) is 9.28 Å². The molecule has 6 heteroatoms. The number of hydrogen-bond donors (Lipinski definition) is 2. The van der Waals surface area contributed by atoms with Crippen LogP contribution in [0.2, 0.25) is 0 Å². The standard InChI is InChI=1S/C6H6N2O2S2.C2H6/c1-10-6(9)3-2-7-4(11)5(12)8-3;1-2/h2H,1H3,(H,7,11)(H,8,12);1-2H3. The number of rotatable bonds is 1. The number of nitrogens with one attached hydrogen (secondary N) is 2. The van der Waals surface area contributed by atoms with Gasteiger partial charge >= 0.3 is 5.97 Å². The first kappa shape index (κ1) is 13.0. The maximum absolute atomic E-state index is 10.9. The third kappa shape index (κ3) is 3.39. The van der Waals surface area contributed by atoms with Crippen molar-refractivity contribution in [1.29, 1.82) is 0 Å². The zero-order valence-corrected chi connectivity index (χ0v) is 9.84. The zero-order chi connectivity index (χ0) is 11.1. The molecule has 0 aliphatic rings. The van der Waals surface area contributed by atoms with E-state index in [1.165, 1.54) is 13.3 Å². The molecule has 0 aromatic carbocycles. The minimum atomic E-state index is -0.479. The van der Waals surface area contributed by atoms with Gasteiger partial charge in [0.2, 0.25) is 0 Å². The average Bonchev–Trinajstić information content (AvgIpc) is 2.24. The van der Waals surface area contributed by atoms with Crippen LogP contribution in [0.3, 0.4) is 0 Å². The fourth-order valence-electron chi connectivity index (χ4n) is 0.638. The van der Waals surface area contributed by atoms with E-state index in [1.807, 2.05) is 13.8 Å². The van der Waals surface area contributed by atoms with E-state index in [2.05, 4.69) is 14.7 Å². The first-order valence-corrected chi connectivity index (χ1v) is 4.87. The first-order valence-electron chi connectivity index (χ1n) is 4.05. The van der Waals surface area contributed by atoms with Gasteiger partial charge in [0.1, 0.15) is 15.0 Å². The molecule has 4 nitrogen and oxygen atoms in total. The van der Waals surface area contributed by atoms with Crippen molar-refractivity contribution < 1.29 is 9.53 Å². The molecule has 78 valence electrons. The van der Waals surface area contributed by atoms with Crippen molar-refractivity contribution in [3.05, 3.63) is 21.2 Å². The number of aromatic amines is 2. The number of ether oxygens (including phenoxy) is 1. The molecule has 0 unspecified atom stereocenters. The van der Waals surface area contributed by atoms with Crippen LogP contribution in [0.4, 0.5) is 0 Å². The Bertz CT molecular complexity index is 408. The summed E-state index contributed by atoms with van der Waals surface area (Å²) in [4.78, 5) is 16.2. The minimum Gasteiger partial charge on any atom is -0.464 e. The number of aromatic nitrogens is 2. The number of carbonyl (C=O) groups is 1. The fraction of sp³-hybridized carbons (Fsp3) is 0.375. The van der Waals surface area contributed by atoms with Crippen LogP contribution in [-0.2, 0) is 4.74 Å². The van der Waals surface area contributed by atoms with Gasteiger partial charge in [-0.2, -0.15) is 0 Å². The van der Waals surface area contributed by atoms with Crippen LogP contribution in [0.1, 0.15) is 24.3 Å². The molecule has 1 aromatic heterocycles. The van der Waals surface area contributed by atoms with E-state index >= 15 is 0 Å². The number of methoxy groups -OCH3 is 1. The summed E-state index contributed by atoms with van der Waals surface area (Å²) in [7, 11) is 1.29. The maximum Gasteiger partial charge on any atom is 0.356 e. The number of hydrogen-bond acceptors (Lipinski definition) is 4. The molecule has 1 rings (SSSR count). The molecule has 0 spiro atoms. The summed E-state index contributed by atoms with van der Waals surface area (Å²) in [5, 5.41) is 0. The van der Waals surface area contributed by atoms with E-state index in [9.17, 15) is 4.79 Å². The van der Waals surface area contributed by atoms with Crippen molar-refractivity contribution in [3.8, 4) is 0 Å². The fourth-order valence-corrected chi connectivity index (χ4v) is 0.917. The van der Waals surface area contributed by atoms with Gasteiger partial charge in [0.15, 0.2) is 0 Å². The quantitative estimate of drug-likeness (QED) is 0.577. The molecule has 14 heavy (non-hydrogen) atoms. The van der Waals surface area contributed by atoms with Gasteiger partial charge in [0, 0.05) is 6.20 Å². The Kier molecular flexibility index (Phi) is 5.98. The lowest BCUT2D eigenvalue weighted by Gasteiger charge is -1.97. The third-order valence-corrected chi connectivity index (χ3v) is 1.96. The molecule has 2 N–H and O–H groups in total. The minimum absolute atomic E-state index is 0.260. The number of esters is 1. The second-order valence-corrected chi connectivity index (χ2v) is 2.79. The van der Waals surface area contributed by atoms with Gasteiger partial charge in [0.05, 0.1) is 7.11 Å². The van der Waals surface area contributed by atoms with Crippen LogP contribution in [0.5, 0.6) is 0 Å². The lowest BCUT2D eigenvalue weighted by Crippen LogP contribution is -2.04. The van der Waals surface area contributed by atoms with Crippen LogP contribution >= 0.6 is 24.4 Å². The molecule has 0 saturated carbocycles. The predicted molar refractivity (Wildman–Crippen MR) is 59.5 cm³/mol. The summed E-state index contributed by atoms with van der Waals surface area (Å²) in [6.07, 6.45) is 1.42. The van der Waals surface area contributed by atoms with Crippen molar-refractivity contribution in [3.63, 3.8) is 0 Å². The first-order chi connectivity index (χ1) is 6.65. The SMILES string of the molecule is CC.COC(=O)c1c[nH]c(=S)c(=S)[nH]1. The molecule has 0 saturated heterocycles. The summed E-state index contributed by atoms with van der Waals surface area (Å²) < 4.78 is 5.19. The van der Waals surface area contributed by atoms with E-state index in [0.717, 1.165) is 0 Å². The molecule has 0 bridgehead atoms. The van der Waals surface area contributed by atoms with Gasteiger partial charge in [0.25, 0.3) is 0 Å². The van der Waals surface area contributed by atoms with E-state index < -0.39 is 5.97 Å². The second kappa shape index (κ2) is 6.44. The highest BCUT2D eigenvalue weighted by Crippen LogP contribution is 1.95. The maximum atomic E-state index is 10.9. The molecular formula is C8H12N2O2S2. The van der Waals surface area contributed by atoms with Gasteiger partial charge in [-0.1, -0.05) is 38.3 Å². The normalized spacial score (nSPS) is 8.50. The molecule has 0 amide bonds. The summed E-state index contributed by atoms with van der Waals surface area (Å²) in [6, 6.07) is 0. The summed E-state index contributed by atoms with van der Waals surface area (Å²) in [5.74, 6) is -0.479. The van der Waals surface area contributed by atoms with Crippen molar-refractivity contribution in [2.75, 3.05) is 7.11 Å². The molecule has 1 heterocycles. The van der Waals surface area contributed by atoms with Crippen LogP contribution in [0.15, 0.2) is 6.20 Å². The zero-order valence-electron chi connectivity index (χ0n) is 8.21. The second-order valence-electron chi connectivity index (χ2n) is 1.98.